The number of benzene rings is 2. The van der Waals surface area contributed by atoms with Gasteiger partial charge in [-0.15, -0.1) is 0 Å². The lowest BCUT2D eigenvalue weighted by Gasteiger charge is -2.28. The van der Waals surface area contributed by atoms with Gasteiger partial charge < -0.3 is 24.4 Å². The number of Topliss-reactive ketones (excluding diaryl/α,β-unsaturated/α-hetero) is 1. The number of morpholine rings is 1. The number of carbonyl (C=O) groups excluding carboxylic acids is 3. The van der Waals surface area contributed by atoms with Crippen molar-refractivity contribution in [3.63, 3.8) is 0 Å². The van der Waals surface area contributed by atoms with Crippen molar-refractivity contribution in [3.8, 4) is 5.75 Å². The first-order valence-corrected chi connectivity index (χ1v) is 9.63. The van der Waals surface area contributed by atoms with Crippen molar-refractivity contribution in [1.82, 2.24) is 0 Å². The first-order valence-electron chi connectivity index (χ1n) is 9.63. The lowest BCUT2D eigenvalue weighted by atomic mass is 10.1. The molecule has 1 heterocycles. The van der Waals surface area contributed by atoms with Crippen LogP contribution in [-0.4, -0.2) is 57.2 Å². The smallest absolute Gasteiger partial charge is 0.344 e. The molecule has 0 aromatic heterocycles. The number of rotatable bonds is 8. The number of nitrogens with zero attached hydrogens (tertiary/aromatic N) is 1. The Labute approximate surface area is 174 Å². The van der Waals surface area contributed by atoms with Crippen molar-refractivity contribution in [2.45, 2.75) is 6.92 Å². The van der Waals surface area contributed by atoms with Gasteiger partial charge in [-0.05, 0) is 55.5 Å². The SMILES string of the molecule is CC(=O)c1ccc(OCC(=O)OCC(=O)Nc2ccc(N3CCOCC3)cc2)cc1. The standard InChI is InChI=1S/C22H24N2O6/c1-16(25)17-2-8-20(9-3-17)29-15-22(27)30-14-21(26)23-18-4-6-19(7-5-18)24-10-12-28-13-11-24/h2-9H,10-15H2,1H3,(H,23,26). The van der Waals surface area contributed by atoms with Gasteiger partial charge in [0.1, 0.15) is 5.75 Å². The molecule has 0 radical (unpaired) electrons. The lowest BCUT2D eigenvalue weighted by molar-refractivity contribution is -0.149. The van der Waals surface area contributed by atoms with E-state index >= 15 is 0 Å². The van der Waals surface area contributed by atoms with Gasteiger partial charge in [0.2, 0.25) is 0 Å². The van der Waals surface area contributed by atoms with Crippen molar-refractivity contribution in [3.05, 3.63) is 54.1 Å². The van der Waals surface area contributed by atoms with Gasteiger partial charge in [-0.2, -0.15) is 0 Å². The summed E-state index contributed by atoms with van der Waals surface area (Å²) in [6.07, 6.45) is 0. The largest absolute Gasteiger partial charge is 0.482 e. The highest BCUT2D eigenvalue weighted by molar-refractivity contribution is 5.94. The Morgan fingerprint density at radius 3 is 2.27 bits per heavy atom. The normalized spacial score (nSPS) is 13.4. The molecule has 0 unspecified atom stereocenters. The summed E-state index contributed by atoms with van der Waals surface area (Å²) in [5, 5.41) is 2.69. The number of carbonyl (C=O) groups is 3. The highest BCUT2D eigenvalue weighted by Gasteiger charge is 2.12. The van der Waals surface area contributed by atoms with E-state index in [2.05, 4.69) is 10.2 Å². The van der Waals surface area contributed by atoms with Gasteiger partial charge in [-0.1, -0.05) is 0 Å². The molecule has 30 heavy (non-hydrogen) atoms. The Hall–Kier alpha value is -3.39. The molecule has 0 aliphatic carbocycles. The second-order valence-electron chi connectivity index (χ2n) is 6.72. The van der Waals surface area contributed by atoms with Crippen LogP contribution in [0.25, 0.3) is 0 Å². The average molecular weight is 412 g/mol. The van der Waals surface area contributed by atoms with E-state index in [1.165, 1.54) is 6.92 Å². The molecule has 1 fully saturated rings. The minimum absolute atomic E-state index is 0.0530. The number of ether oxygens (including phenoxy) is 3. The third-order valence-electron chi connectivity index (χ3n) is 4.51. The van der Waals surface area contributed by atoms with E-state index < -0.39 is 18.5 Å². The average Bonchev–Trinajstić information content (AvgIpc) is 2.77. The van der Waals surface area contributed by atoms with Crippen molar-refractivity contribution in [1.29, 1.82) is 0 Å². The second kappa shape index (κ2) is 10.4. The molecule has 2 aromatic rings. The summed E-state index contributed by atoms with van der Waals surface area (Å²) < 4.78 is 15.6. The minimum Gasteiger partial charge on any atom is -0.482 e. The Bertz CT molecular complexity index is 874. The minimum atomic E-state index is -0.663. The maximum Gasteiger partial charge on any atom is 0.344 e. The molecule has 1 aliphatic rings. The van der Waals surface area contributed by atoms with Crippen LogP contribution in [0.4, 0.5) is 11.4 Å². The first kappa shape index (κ1) is 21.3. The van der Waals surface area contributed by atoms with Crippen LogP contribution in [0.1, 0.15) is 17.3 Å². The summed E-state index contributed by atoms with van der Waals surface area (Å²) in [7, 11) is 0. The Kier molecular flexibility index (Phi) is 7.40. The molecule has 1 amide bonds. The molecule has 8 heteroatoms. The molecule has 3 rings (SSSR count). The Morgan fingerprint density at radius 1 is 0.967 bits per heavy atom. The van der Waals surface area contributed by atoms with Crippen LogP contribution in [-0.2, 0) is 19.1 Å². The van der Waals surface area contributed by atoms with Crippen LogP contribution in [0.5, 0.6) is 5.75 Å². The number of hydrogen-bond acceptors (Lipinski definition) is 7. The summed E-state index contributed by atoms with van der Waals surface area (Å²) >= 11 is 0. The molecule has 1 saturated heterocycles. The molecule has 0 atom stereocenters. The van der Waals surface area contributed by atoms with E-state index in [-0.39, 0.29) is 12.4 Å². The van der Waals surface area contributed by atoms with Crippen LogP contribution in [0.15, 0.2) is 48.5 Å². The quantitative estimate of drug-likeness (QED) is 0.525. The zero-order chi connectivity index (χ0) is 21.3. The molecule has 8 nitrogen and oxygen atoms in total. The fourth-order valence-corrected chi connectivity index (χ4v) is 2.89. The number of nitrogens with one attached hydrogen (secondary N) is 1. The van der Waals surface area contributed by atoms with Crippen LogP contribution in [0, 0.1) is 0 Å². The summed E-state index contributed by atoms with van der Waals surface area (Å²) in [6.45, 7) is 3.82. The van der Waals surface area contributed by atoms with Crippen LogP contribution in [0.2, 0.25) is 0 Å². The van der Waals surface area contributed by atoms with Crippen molar-refractivity contribution >= 4 is 29.0 Å². The molecule has 1 aliphatic heterocycles. The zero-order valence-corrected chi connectivity index (χ0v) is 16.8. The molecule has 0 saturated carbocycles. The molecule has 2 aromatic carbocycles. The van der Waals surface area contributed by atoms with Gasteiger partial charge in [-0.25, -0.2) is 4.79 Å². The van der Waals surface area contributed by atoms with Crippen molar-refractivity contribution in [2.75, 3.05) is 49.7 Å². The van der Waals surface area contributed by atoms with Gasteiger partial charge in [0, 0.05) is 30.0 Å². The van der Waals surface area contributed by atoms with Gasteiger partial charge >= 0.3 is 5.97 Å². The lowest BCUT2D eigenvalue weighted by Crippen LogP contribution is -2.36. The monoisotopic (exact) mass is 412 g/mol. The van der Waals surface area contributed by atoms with E-state index in [1.54, 1.807) is 36.4 Å². The maximum absolute atomic E-state index is 12.0. The van der Waals surface area contributed by atoms with E-state index in [4.69, 9.17) is 14.2 Å². The van der Waals surface area contributed by atoms with E-state index in [1.807, 2.05) is 12.1 Å². The fourth-order valence-electron chi connectivity index (χ4n) is 2.89. The molecule has 158 valence electrons. The highest BCUT2D eigenvalue weighted by Crippen LogP contribution is 2.19. The molecule has 0 spiro atoms. The number of ketones is 1. The third kappa shape index (κ3) is 6.31. The number of hydrogen-bond donors (Lipinski definition) is 1. The zero-order valence-electron chi connectivity index (χ0n) is 16.8. The van der Waals surface area contributed by atoms with E-state index in [0.717, 1.165) is 18.8 Å². The molecule has 0 bridgehead atoms. The van der Waals surface area contributed by atoms with E-state index in [0.29, 0.717) is 30.2 Å². The van der Waals surface area contributed by atoms with Crippen molar-refractivity contribution < 1.29 is 28.6 Å². The fraction of sp³-hybridized carbons (Fsp3) is 0.318. The van der Waals surface area contributed by atoms with E-state index in [9.17, 15) is 14.4 Å². The maximum atomic E-state index is 12.0. The van der Waals surface area contributed by atoms with Gasteiger partial charge in [-0.3, -0.25) is 9.59 Å². The predicted octanol–water partition coefficient (Wildman–Crippen LogP) is 2.29. The number of amides is 1. The number of anilines is 2. The summed E-state index contributed by atoms with van der Waals surface area (Å²) in [4.78, 5) is 37.2. The summed E-state index contributed by atoms with van der Waals surface area (Å²) in [6, 6.07) is 13.9. The van der Waals surface area contributed by atoms with Crippen LogP contribution < -0.4 is 15.0 Å². The topological polar surface area (TPSA) is 94.2 Å². The Morgan fingerprint density at radius 2 is 1.63 bits per heavy atom. The van der Waals surface area contributed by atoms with Gasteiger partial charge in [0.05, 0.1) is 13.2 Å². The Balaban J connectivity index is 1.38. The van der Waals surface area contributed by atoms with Crippen molar-refractivity contribution in [2.24, 2.45) is 0 Å². The highest BCUT2D eigenvalue weighted by atomic mass is 16.6. The first-order chi connectivity index (χ1) is 14.5. The van der Waals surface area contributed by atoms with Crippen LogP contribution >= 0.6 is 0 Å². The predicted molar refractivity (Wildman–Crippen MR) is 111 cm³/mol. The molecular weight excluding hydrogens is 388 g/mol. The molecule has 1 N–H and O–H groups in total. The van der Waals surface area contributed by atoms with Crippen LogP contribution in [0.3, 0.4) is 0 Å². The second-order valence-corrected chi connectivity index (χ2v) is 6.72. The molecular formula is C22H24N2O6. The summed E-state index contributed by atoms with van der Waals surface area (Å²) in [5.74, 6) is -0.721. The summed E-state index contributed by atoms with van der Waals surface area (Å²) in [5.41, 5.74) is 2.24. The third-order valence-corrected chi connectivity index (χ3v) is 4.51. The van der Waals surface area contributed by atoms with Gasteiger partial charge in [0.15, 0.2) is 19.0 Å². The van der Waals surface area contributed by atoms with Gasteiger partial charge in [0.25, 0.3) is 5.91 Å². The number of esters is 1.